The van der Waals surface area contributed by atoms with Crippen LogP contribution in [0.25, 0.3) is 5.69 Å². The Morgan fingerprint density at radius 2 is 2.26 bits per heavy atom. The molecule has 23 heavy (non-hydrogen) atoms. The van der Waals surface area contributed by atoms with Crippen molar-refractivity contribution < 1.29 is 4.79 Å². The fourth-order valence-electron chi connectivity index (χ4n) is 2.99. The number of hydrogen-bond acceptors (Lipinski definition) is 3. The topological polar surface area (TPSA) is 64.2 Å². The molecule has 5 nitrogen and oxygen atoms in total. The zero-order valence-corrected chi connectivity index (χ0v) is 13.9. The van der Waals surface area contributed by atoms with E-state index >= 15 is 0 Å². The van der Waals surface area contributed by atoms with Crippen molar-refractivity contribution in [3.05, 3.63) is 47.2 Å². The van der Waals surface area contributed by atoms with Crippen molar-refractivity contribution in [1.29, 1.82) is 0 Å². The van der Waals surface area contributed by atoms with Crippen LogP contribution in [-0.4, -0.2) is 39.7 Å². The van der Waals surface area contributed by atoms with Gasteiger partial charge in [-0.3, -0.25) is 4.79 Å². The highest BCUT2D eigenvalue weighted by Gasteiger charge is 2.27. The fraction of sp³-hybridized carbons (Fsp3) is 0.412. The molecule has 1 aliphatic heterocycles. The summed E-state index contributed by atoms with van der Waals surface area (Å²) in [6, 6.07) is 9.24. The van der Waals surface area contributed by atoms with E-state index in [-0.39, 0.29) is 11.9 Å². The third kappa shape index (κ3) is 3.57. The van der Waals surface area contributed by atoms with Gasteiger partial charge in [-0.15, -0.1) is 0 Å². The van der Waals surface area contributed by atoms with E-state index in [1.807, 2.05) is 36.1 Å². The standard InChI is InChI=1S/C17H21ClN4O/c1-12(19)13-4-3-8-21(11-13)17(23)16-7-9-22(20-16)15-6-2-5-14(18)10-15/h2,5-7,9-10,12-13H,3-4,8,11,19H2,1H3/t12-,13+/m1/s1. The van der Waals surface area contributed by atoms with E-state index in [2.05, 4.69) is 5.10 Å². The van der Waals surface area contributed by atoms with Crippen LogP contribution in [0.4, 0.5) is 0 Å². The van der Waals surface area contributed by atoms with Crippen molar-refractivity contribution in [3.63, 3.8) is 0 Å². The first-order valence-corrected chi connectivity index (χ1v) is 8.29. The van der Waals surface area contributed by atoms with Gasteiger partial charge in [0.1, 0.15) is 0 Å². The highest BCUT2D eigenvalue weighted by Crippen LogP contribution is 2.21. The van der Waals surface area contributed by atoms with Crippen LogP contribution in [0, 0.1) is 5.92 Å². The number of piperidine rings is 1. The minimum absolute atomic E-state index is 0.0314. The molecule has 0 unspecified atom stereocenters. The fourth-order valence-corrected chi connectivity index (χ4v) is 3.17. The molecule has 2 N–H and O–H groups in total. The largest absolute Gasteiger partial charge is 0.337 e. The van der Waals surface area contributed by atoms with Crippen molar-refractivity contribution in [2.45, 2.75) is 25.8 Å². The molecule has 1 aromatic carbocycles. The number of hydrogen-bond donors (Lipinski definition) is 1. The average molecular weight is 333 g/mol. The molecule has 0 radical (unpaired) electrons. The Kier molecular flexibility index (Phi) is 4.68. The second kappa shape index (κ2) is 6.72. The summed E-state index contributed by atoms with van der Waals surface area (Å²) < 4.78 is 1.67. The summed E-state index contributed by atoms with van der Waals surface area (Å²) in [4.78, 5) is 14.5. The van der Waals surface area contributed by atoms with Crippen LogP contribution in [0.3, 0.4) is 0 Å². The lowest BCUT2D eigenvalue weighted by atomic mass is 9.92. The first kappa shape index (κ1) is 16.0. The van der Waals surface area contributed by atoms with Gasteiger partial charge in [-0.1, -0.05) is 17.7 Å². The molecular formula is C17H21ClN4O. The zero-order valence-electron chi connectivity index (χ0n) is 13.2. The molecule has 122 valence electrons. The maximum Gasteiger partial charge on any atom is 0.274 e. The molecule has 1 saturated heterocycles. The van der Waals surface area contributed by atoms with Crippen molar-refractivity contribution in [1.82, 2.24) is 14.7 Å². The van der Waals surface area contributed by atoms with Gasteiger partial charge < -0.3 is 10.6 Å². The second-order valence-corrected chi connectivity index (χ2v) is 6.57. The van der Waals surface area contributed by atoms with E-state index in [0.29, 0.717) is 23.2 Å². The molecule has 1 amide bonds. The maximum atomic E-state index is 12.7. The number of aromatic nitrogens is 2. The summed E-state index contributed by atoms with van der Waals surface area (Å²) in [6.45, 7) is 3.49. The summed E-state index contributed by atoms with van der Waals surface area (Å²) in [5, 5.41) is 5.04. The molecule has 6 heteroatoms. The normalized spacial score (nSPS) is 19.6. The van der Waals surface area contributed by atoms with E-state index in [0.717, 1.165) is 25.1 Å². The highest BCUT2D eigenvalue weighted by molar-refractivity contribution is 6.30. The molecular weight excluding hydrogens is 312 g/mol. The number of nitrogens with zero attached hydrogens (tertiary/aromatic N) is 3. The van der Waals surface area contributed by atoms with Crippen LogP contribution in [0.1, 0.15) is 30.3 Å². The Balaban J connectivity index is 1.76. The smallest absolute Gasteiger partial charge is 0.274 e. The molecule has 2 aromatic rings. The van der Waals surface area contributed by atoms with Crippen molar-refractivity contribution in [2.75, 3.05) is 13.1 Å². The number of carbonyl (C=O) groups is 1. The quantitative estimate of drug-likeness (QED) is 0.940. The van der Waals surface area contributed by atoms with E-state index < -0.39 is 0 Å². The molecule has 1 aromatic heterocycles. The van der Waals surface area contributed by atoms with E-state index in [1.54, 1.807) is 16.9 Å². The van der Waals surface area contributed by atoms with Gasteiger partial charge >= 0.3 is 0 Å². The molecule has 1 fully saturated rings. The molecule has 1 aliphatic rings. The molecule has 2 heterocycles. The van der Waals surface area contributed by atoms with Crippen LogP contribution in [0.2, 0.25) is 5.02 Å². The van der Waals surface area contributed by atoms with Crippen LogP contribution in [-0.2, 0) is 0 Å². The Morgan fingerprint density at radius 1 is 1.43 bits per heavy atom. The summed E-state index contributed by atoms with van der Waals surface area (Å²) in [6.07, 6.45) is 3.86. The monoisotopic (exact) mass is 332 g/mol. The lowest BCUT2D eigenvalue weighted by Crippen LogP contribution is -2.45. The third-order valence-electron chi connectivity index (χ3n) is 4.37. The minimum Gasteiger partial charge on any atom is -0.337 e. The van der Waals surface area contributed by atoms with Crippen LogP contribution >= 0.6 is 11.6 Å². The van der Waals surface area contributed by atoms with E-state index in [9.17, 15) is 4.79 Å². The molecule has 3 rings (SSSR count). The summed E-state index contributed by atoms with van der Waals surface area (Å²) in [5.74, 6) is 0.332. The first-order valence-electron chi connectivity index (χ1n) is 7.91. The van der Waals surface area contributed by atoms with Crippen LogP contribution in [0.15, 0.2) is 36.5 Å². The average Bonchev–Trinajstić information content (AvgIpc) is 3.04. The lowest BCUT2D eigenvalue weighted by molar-refractivity contribution is 0.0654. The summed E-state index contributed by atoms with van der Waals surface area (Å²) in [5.41, 5.74) is 7.28. The van der Waals surface area contributed by atoms with Crippen LogP contribution < -0.4 is 5.73 Å². The van der Waals surface area contributed by atoms with Gasteiger partial charge in [0.25, 0.3) is 5.91 Å². The number of amides is 1. The Morgan fingerprint density at radius 3 is 3.00 bits per heavy atom. The summed E-state index contributed by atoms with van der Waals surface area (Å²) >= 11 is 6.00. The predicted octanol–water partition coefficient (Wildman–Crippen LogP) is 2.73. The molecule has 2 atom stereocenters. The van der Waals surface area contributed by atoms with Gasteiger partial charge in [0.2, 0.25) is 0 Å². The number of carbonyl (C=O) groups excluding carboxylic acids is 1. The number of benzene rings is 1. The van der Waals surface area contributed by atoms with Crippen LogP contribution in [0.5, 0.6) is 0 Å². The minimum atomic E-state index is -0.0314. The van der Waals surface area contributed by atoms with Gasteiger partial charge in [0.05, 0.1) is 5.69 Å². The second-order valence-electron chi connectivity index (χ2n) is 6.14. The van der Waals surface area contributed by atoms with Crippen molar-refractivity contribution in [2.24, 2.45) is 11.7 Å². The Labute approximate surface area is 141 Å². The zero-order chi connectivity index (χ0) is 16.4. The number of nitrogens with two attached hydrogens (primary N) is 1. The van der Waals surface area contributed by atoms with E-state index in [1.165, 1.54) is 0 Å². The van der Waals surface area contributed by atoms with Gasteiger partial charge in [-0.2, -0.15) is 5.10 Å². The Bertz CT molecular complexity index is 697. The molecule has 0 aliphatic carbocycles. The van der Waals surface area contributed by atoms with Crippen molar-refractivity contribution in [3.8, 4) is 5.69 Å². The van der Waals surface area contributed by atoms with Gasteiger partial charge in [-0.25, -0.2) is 4.68 Å². The predicted molar refractivity (Wildman–Crippen MR) is 90.9 cm³/mol. The first-order chi connectivity index (χ1) is 11.0. The highest BCUT2D eigenvalue weighted by atomic mass is 35.5. The molecule has 0 spiro atoms. The van der Waals surface area contributed by atoms with E-state index in [4.69, 9.17) is 17.3 Å². The number of likely N-dealkylation sites (tertiary alicyclic amines) is 1. The van der Waals surface area contributed by atoms with Gasteiger partial charge in [0.15, 0.2) is 5.69 Å². The summed E-state index contributed by atoms with van der Waals surface area (Å²) in [7, 11) is 0. The SMILES string of the molecule is C[C@@H](N)[C@H]1CCCN(C(=O)c2ccn(-c3cccc(Cl)c3)n2)C1. The number of halogens is 1. The maximum absolute atomic E-state index is 12.7. The third-order valence-corrected chi connectivity index (χ3v) is 4.60. The molecule has 0 saturated carbocycles. The van der Waals surface area contributed by atoms with Gasteiger partial charge in [0, 0.05) is 30.4 Å². The number of rotatable bonds is 3. The van der Waals surface area contributed by atoms with Gasteiger partial charge in [-0.05, 0) is 49.9 Å². The Hall–Kier alpha value is -1.85. The van der Waals surface area contributed by atoms with Crippen molar-refractivity contribution >= 4 is 17.5 Å². The lowest BCUT2D eigenvalue weighted by Gasteiger charge is -2.34. The molecule has 0 bridgehead atoms.